The van der Waals surface area contributed by atoms with Crippen LogP contribution in [0.25, 0.3) is 0 Å². The zero-order valence-corrected chi connectivity index (χ0v) is 13.6. The lowest BCUT2D eigenvalue weighted by Crippen LogP contribution is -2.57. The van der Waals surface area contributed by atoms with E-state index in [4.69, 9.17) is 0 Å². The number of H-pyrrole nitrogens is 1. The number of nitrogens with zero attached hydrogens (tertiary/aromatic N) is 2. The van der Waals surface area contributed by atoms with Gasteiger partial charge >= 0.3 is 6.03 Å². The predicted molar refractivity (Wildman–Crippen MR) is 86.0 cm³/mol. The summed E-state index contributed by atoms with van der Waals surface area (Å²) in [5.41, 5.74) is 1.91. The summed E-state index contributed by atoms with van der Waals surface area (Å²) in [4.78, 5) is 14.5. The minimum absolute atomic E-state index is 0.0366. The Morgan fingerprint density at radius 1 is 1.39 bits per heavy atom. The molecule has 0 spiro atoms. The average molecular weight is 318 g/mol. The smallest absolute Gasteiger partial charge is 0.317 e. The van der Waals surface area contributed by atoms with Crippen LogP contribution in [0.2, 0.25) is 0 Å². The van der Waals surface area contributed by atoms with Crippen LogP contribution < -0.4 is 5.32 Å². The molecule has 1 aromatic rings. The second-order valence-corrected chi connectivity index (χ2v) is 7.51. The summed E-state index contributed by atoms with van der Waals surface area (Å²) in [6.45, 7) is 1.37. The third kappa shape index (κ3) is 2.84. The van der Waals surface area contributed by atoms with Gasteiger partial charge in [0.15, 0.2) is 0 Å². The van der Waals surface area contributed by atoms with Crippen molar-refractivity contribution in [2.24, 2.45) is 5.92 Å². The molecule has 3 aliphatic rings. The maximum atomic E-state index is 12.6. The van der Waals surface area contributed by atoms with Crippen molar-refractivity contribution >= 4 is 6.03 Å². The number of aryl methyl sites for hydroxylation is 1. The number of aromatic nitrogens is 2. The number of hydrogen-bond donors (Lipinski definition) is 3. The van der Waals surface area contributed by atoms with Crippen molar-refractivity contribution in [2.45, 2.75) is 63.0 Å². The van der Waals surface area contributed by atoms with Crippen molar-refractivity contribution in [3.63, 3.8) is 0 Å². The summed E-state index contributed by atoms with van der Waals surface area (Å²) in [7, 11) is 0. The number of likely N-dealkylation sites (tertiary alicyclic amines) is 1. The van der Waals surface area contributed by atoms with Crippen LogP contribution in [-0.4, -0.2) is 51.0 Å². The van der Waals surface area contributed by atoms with Gasteiger partial charge < -0.3 is 15.3 Å². The summed E-state index contributed by atoms with van der Waals surface area (Å²) in [6.07, 6.45) is 9.60. The summed E-state index contributed by atoms with van der Waals surface area (Å²) in [5, 5.41) is 21.0. The van der Waals surface area contributed by atoms with Crippen LogP contribution in [0.5, 0.6) is 0 Å². The average Bonchev–Trinajstić information content (AvgIpc) is 3.01. The first-order chi connectivity index (χ1) is 11.1. The van der Waals surface area contributed by atoms with Crippen molar-refractivity contribution in [1.82, 2.24) is 20.4 Å². The van der Waals surface area contributed by atoms with E-state index >= 15 is 0 Å². The van der Waals surface area contributed by atoms with Crippen LogP contribution in [-0.2, 0) is 12.8 Å². The van der Waals surface area contributed by atoms with Gasteiger partial charge in [-0.05, 0) is 44.1 Å². The van der Waals surface area contributed by atoms with Gasteiger partial charge in [0, 0.05) is 30.7 Å². The lowest BCUT2D eigenvalue weighted by Gasteiger charge is -2.47. The molecular weight excluding hydrogens is 292 g/mol. The normalized spacial score (nSPS) is 33.7. The molecule has 2 fully saturated rings. The van der Waals surface area contributed by atoms with E-state index in [1.165, 1.54) is 17.7 Å². The molecule has 2 aliphatic carbocycles. The van der Waals surface area contributed by atoms with Gasteiger partial charge in [-0.1, -0.05) is 12.8 Å². The zero-order chi connectivity index (χ0) is 15.9. The molecule has 2 heterocycles. The number of aliphatic hydroxyl groups is 1. The molecule has 1 aromatic heterocycles. The number of piperidine rings is 1. The summed E-state index contributed by atoms with van der Waals surface area (Å²) < 4.78 is 0. The summed E-state index contributed by atoms with van der Waals surface area (Å²) >= 11 is 0. The highest BCUT2D eigenvalue weighted by atomic mass is 16.3. The molecule has 0 radical (unpaired) electrons. The van der Waals surface area contributed by atoms with E-state index in [9.17, 15) is 9.90 Å². The van der Waals surface area contributed by atoms with Gasteiger partial charge in [-0.2, -0.15) is 5.10 Å². The first-order valence-electron chi connectivity index (χ1n) is 8.93. The number of aromatic amines is 1. The molecule has 3 N–H and O–H groups in total. The summed E-state index contributed by atoms with van der Waals surface area (Å²) in [6, 6.07) is 0.231. The van der Waals surface area contributed by atoms with Crippen molar-refractivity contribution < 1.29 is 9.90 Å². The number of nitrogens with one attached hydrogen (secondary N) is 2. The Balaban J connectivity index is 1.35. The molecule has 2 amide bonds. The van der Waals surface area contributed by atoms with E-state index in [0.717, 1.165) is 44.9 Å². The highest BCUT2D eigenvalue weighted by molar-refractivity contribution is 5.74. The molecule has 3 unspecified atom stereocenters. The highest BCUT2D eigenvalue weighted by Gasteiger charge is 2.43. The second-order valence-electron chi connectivity index (χ2n) is 7.51. The Labute approximate surface area is 136 Å². The SMILES string of the molecule is O=C(NC1CCc2[nH]ncc2C1)N1CCC2(O)CCCCC2C1. The van der Waals surface area contributed by atoms with Crippen molar-refractivity contribution in [3.8, 4) is 0 Å². The highest BCUT2D eigenvalue weighted by Crippen LogP contribution is 2.39. The summed E-state index contributed by atoms with van der Waals surface area (Å²) in [5.74, 6) is 0.252. The van der Waals surface area contributed by atoms with E-state index in [-0.39, 0.29) is 18.0 Å². The molecule has 0 aromatic carbocycles. The standard InChI is InChI=1S/C17H26N4O2/c22-16(19-14-4-5-15-12(9-14)10-18-20-15)21-8-7-17(23)6-2-1-3-13(17)11-21/h10,13-14,23H,1-9,11H2,(H,18,20)(H,19,22). The molecular formula is C17H26N4O2. The molecule has 23 heavy (non-hydrogen) atoms. The van der Waals surface area contributed by atoms with E-state index in [1.807, 2.05) is 11.1 Å². The Kier molecular flexibility index (Phi) is 3.79. The fraction of sp³-hybridized carbons (Fsp3) is 0.765. The molecule has 6 nitrogen and oxygen atoms in total. The first kappa shape index (κ1) is 15.0. The van der Waals surface area contributed by atoms with Crippen LogP contribution in [0.15, 0.2) is 6.20 Å². The number of fused-ring (bicyclic) bond motifs is 2. The zero-order valence-electron chi connectivity index (χ0n) is 13.6. The second kappa shape index (κ2) is 5.82. The molecule has 1 saturated heterocycles. The van der Waals surface area contributed by atoms with Gasteiger partial charge in [-0.3, -0.25) is 5.10 Å². The van der Waals surface area contributed by atoms with E-state index in [0.29, 0.717) is 13.1 Å². The largest absolute Gasteiger partial charge is 0.389 e. The van der Waals surface area contributed by atoms with Gasteiger partial charge in [-0.25, -0.2) is 4.79 Å². The van der Waals surface area contributed by atoms with Gasteiger partial charge in [0.25, 0.3) is 0 Å². The molecule has 1 aliphatic heterocycles. The molecule has 4 rings (SSSR count). The van der Waals surface area contributed by atoms with Crippen LogP contribution in [0.3, 0.4) is 0 Å². The van der Waals surface area contributed by atoms with Crippen LogP contribution in [0.1, 0.15) is 49.8 Å². The maximum absolute atomic E-state index is 12.6. The van der Waals surface area contributed by atoms with E-state index in [2.05, 4.69) is 15.5 Å². The van der Waals surface area contributed by atoms with E-state index in [1.54, 1.807) is 0 Å². The van der Waals surface area contributed by atoms with Crippen LogP contribution in [0, 0.1) is 5.92 Å². The van der Waals surface area contributed by atoms with Crippen LogP contribution in [0.4, 0.5) is 4.79 Å². The number of carbonyl (C=O) groups excluding carboxylic acids is 1. The fourth-order valence-corrected chi connectivity index (χ4v) is 4.56. The fourth-order valence-electron chi connectivity index (χ4n) is 4.56. The first-order valence-corrected chi connectivity index (χ1v) is 8.93. The number of carbonyl (C=O) groups is 1. The minimum atomic E-state index is -0.522. The number of amides is 2. The Morgan fingerprint density at radius 3 is 3.22 bits per heavy atom. The molecule has 126 valence electrons. The third-order valence-electron chi connectivity index (χ3n) is 6.06. The predicted octanol–water partition coefficient (Wildman–Crippen LogP) is 1.60. The number of urea groups is 1. The Hall–Kier alpha value is -1.56. The molecule has 0 bridgehead atoms. The van der Waals surface area contributed by atoms with Crippen LogP contribution >= 0.6 is 0 Å². The van der Waals surface area contributed by atoms with Crippen molar-refractivity contribution in [2.75, 3.05) is 13.1 Å². The van der Waals surface area contributed by atoms with Crippen molar-refractivity contribution in [3.05, 3.63) is 17.5 Å². The third-order valence-corrected chi connectivity index (χ3v) is 6.06. The monoisotopic (exact) mass is 318 g/mol. The molecule has 1 saturated carbocycles. The van der Waals surface area contributed by atoms with Crippen molar-refractivity contribution in [1.29, 1.82) is 0 Å². The number of hydrogen-bond acceptors (Lipinski definition) is 3. The molecule has 3 atom stereocenters. The lowest BCUT2D eigenvalue weighted by molar-refractivity contribution is -0.0871. The van der Waals surface area contributed by atoms with E-state index < -0.39 is 5.60 Å². The Morgan fingerprint density at radius 2 is 2.30 bits per heavy atom. The minimum Gasteiger partial charge on any atom is -0.389 e. The quantitative estimate of drug-likeness (QED) is 0.736. The molecule has 6 heteroatoms. The van der Waals surface area contributed by atoms with Gasteiger partial charge in [0.2, 0.25) is 0 Å². The lowest BCUT2D eigenvalue weighted by atomic mass is 9.71. The van der Waals surface area contributed by atoms with Gasteiger partial charge in [0.1, 0.15) is 0 Å². The maximum Gasteiger partial charge on any atom is 0.317 e. The topological polar surface area (TPSA) is 81.2 Å². The van der Waals surface area contributed by atoms with Gasteiger partial charge in [0.05, 0.1) is 11.8 Å². The Bertz CT molecular complexity index is 587. The van der Waals surface area contributed by atoms with Gasteiger partial charge in [-0.15, -0.1) is 0 Å². The number of rotatable bonds is 1.